The van der Waals surface area contributed by atoms with Crippen LogP contribution in [-0.4, -0.2) is 6.09 Å². The van der Waals surface area contributed by atoms with Gasteiger partial charge in [-0.3, -0.25) is 0 Å². The van der Waals surface area contributed by atoms with Crippen molar-refractivity contribution in [3.05, 3.63) is 0 Å². The normalized spacial score (nSPS) is 4.80. The SMILES string of the molecule is NC(=O)[O-].[I+]. The number of rotatable bonds is 0. The lowest BCUT2D eigenvalue weighted by atomic mass is 11.3. The third-order valence-electron chi connectivity index (χ3n) is 0. The van der Waals surface area contributed by atoms with Crippen LogP contribution in [0.5, 0.6) is 0 Å². The quantitative estimate of drug-likeness (QED) is 0.387. The van der Waals surface area contributed by atoms with Crippen LogP contribution in [0.2, 0.25) is 0 Å². The smallest absolute Gasteiger partial charge is 0.530 e. The zero-order valence-corrected chi connectivity index (χ0v) is 4.43. The lowest BCUT2D eigenvalue weighted by Gasteiger charge is -1.78. The molecule has 0 aromatic rings. The molecular formula is CH2INO2. The van der Waals surface area contributed by atoms with Gasteiger partial charge < -0.3 is 15.6 Å². The number of amides is 1. The molecule has 0 spiro atoms. The van der Waals surface area contributed by atoms with Crippen molar-refractivity contribution >= 4 is 6.09 Å². The molecule has 2 radical (unpaired) electrons. The Hall–Kier alpha value is 0. The molecule has 0 saturated heterocycles. The number of halogens is 1. The maximum Gasteiger partial charge on any atom is 1.00 e. The minimum atomic E-state index is -1.58. The molecule has 0 unspecified atom stereocenters. The van der Waals surface area contributed by atoms with Gasteiger partial charge in [-0.15, -0.1) is 0 Å². The summed E-state index contributed by atoms with van der Waals surface area (Å²) in [6, 6.07) is 0. The van der Waals surface area contributed by atoms with Crippen molar-refractivity contribution in [2.45, 2.75) is 0 Å². The van der Waals surface area contributed by atoms with Crippen LogP contribution in [-0.2, 0) is 0 Å². The fraction of sp³-hybridized carbons (Fsp3) is 0. The number of carbonyl (C=O) groups is 1. The molecule has 3 nitrogen and oxygen atoms in total. The predicted molar refractivity (Wildman–Crippen MR) is 9.58 cm³/mol. The van der Waals surface area contributed by atoms with Crippen molar-refractivity contribution in [2.75, 3.05) is 0 Å². The molecule has 0 aromatic heterocycles. The maximum atomic E-state index is 8.67. The average molecular weight is 187 g/mol. The topological polar surface area (TPSA) is 66.2 Å². The first-order chi connectivity index (χ1) is 1.73. The lowest BCUT2D eigenvalue weighted by molar-refractivity contribution is -0.245. The summed E-state index contributed by atoms with van der Waals surface area (Å²) < 4.78 is 0. The van der Waals surface area contributed by atoms with Crippen LogP contribution >= 0.6 is 0 Å². The van der Waals surface area contributed by atoms with Gasteiger partial charge in [0.15, 0.2) is 0 Å². The summed E-state index contributed by atoms with van der Waals surface area (Å²) >= 11 is 0. The Morgan fingerprint density at radius 3 is 1.80 bits per heavy atom. The van der Waals surface area contributed by atoms with Crippen molar-refractivity contribution < 1.29 is 33.9 Å². The molecule has 30 valence electrons. The highest BCUT2D eigenvalue weighted by Gasteiger charge is 1.44. The summed E-state index contributed by atoms with van der Waals surface area (Å²) in [4.78, 5) is 8.67. The van der Waals surface area contributed by atoms with E-state index in [9.17, 15) is 0 Å². The van der Waals surface area contributed by atoms with Gasteiger partial charge in [-0.05, 0) is 0 Å². The van der Waals surface area contributed by atoms with Crippen molar-refractivity contribution in [3.63, 3.8) is 0 Å². The van der Waals surface area contributed by atoms with E-state index < -0.39 is 6.09 Å². The molecule has 2 N–H and O–H groups in total. The first-order valence-corrected chi connectivity index (χ1v) is 0.697. The molecule has 1 amide bonds. The van der Waals surface area contributed by atoms with Crippen LogP contribution in [0.1, 0.15) is 0 Å². The van der Waals surface area contributed by atoms with Crippen molar-refractivity contribution in [2.24, 2.45) is 5.73 Å². The van der Waals surface area contributed by atoms with Gasteiger partial charge in [-0.25, -0.2) is 0 Å². The minimum absolute atomic E-state index is 0. The maximum absolute atomic E-state index is 8.67. The first-order valence-electron chi connectivity index (χ1n) is 0.697. The van der Waals surface area contributed by atoms with Crippen LogP contribution in [0.3, 0.4) is 0 Å². The van der Waals surface area contributed by atoms with E-state index in [1.807, 2.05) is 0 Å². The standard InChI is InChI=1S/CH3NO2.I/c2-1(3)4;/h2H2,(H,3,4);/q;+1/p-1. The Kier molecular flexibility index (Phi) is 7.11. The highest BCUT2D eigenvalue weighted by atomic mass is 127. The summed E-state index contributed by atoms with van der Waals surface area (Å²) in [5.41, 5.74) is 3.92. The van der Waals surface area contributed by atoms with E-state index in [1.165, 1.54) is 0 Å². The highest BCUT2D eigenvalue weighted by Crippen LogP contribution is 1.23. The molecule has 0 aliphatic heterocycles. The number of carboxylic acid groups (broad SMARTS) is 1. The number of hydrogen-bond acceptors (Lipinski definition) is 2. The van der Waals surface area contributed by atoms with Gasteiger partial charge in [-0.2, -0.15) is 0 Å². The van der Waals surface area contributed by atoms with E-state index in [0.717, 1.165) is 0 Å². The molecule has 4 heteroatoms. The summed E-state index contributed by atoms with van der Waals surface area (Å²) in [7, 11) is 0. The van der Waals surface area contributed by atoms with Gasteiger partial charge in [0.2, 0.25) is 0 Å². The fourth-order valence-corrected chi connectivity index (χ4v) is 0. The molecule has 0 heterocycles. The van der Waals surface area contributed by atoms with E-state index in [-0.39, 0.29) is 24.0 Å². The number of hydrogen-bond donors (Lipinski definition) is 1. The predicted octanol–water partition coefficient (Wildman–Crippen LogP) is -4.71. The zero-order valence-electron chi connectivity index (χ0n) is 2.27. The molecule has 0 aliphatic rings. The van der Waals surface area contributed by atoms with Crippen LogP contribution in [0.25, 0.3) is 0 Å². The summed E-state index contributed by atoms with van der Waals surface area (Å²) in [5, 5.41) is 8.67. The second kappa shape index (κ2) is 4.00. The Labute approximate surface area is 46.2 Å². The highest BCUT2D eigenvalue weighted by molar-refractivity contribution is 5.58. The van der Waals surface area contributed by atoms with E-state index in [4.69, 9.17) is 9.90 Å². The number of primary amides is 1. The van der Waals surface area contributed by atoms with Gasteiger partial charge in [0.1, 0.15) is 6.09 Å². The summed E-state index contributed by atoms with van der Waals surface area (Å²) in [6.07, 6.45) is -1.58. The van der Waals surface area contributed by atoms with E-state index >= 15 is 0 Å². The Balaban J connectivity index is 0. The molecule has 0 aromatic carbocycles. The summed E-state index contributed by atoms with van der Waals surface area (Å²) in [5.74, 6) is 0. The molecule has 5 heavy (non-hydrogen) atoms. The van der Waals surface area contributed by atoms with Crippen molar-refractivity contribution in [1.29, 1.82) is 0 Å². The molecule has 0 aliphatic carbocycles. The average Bonchev–Trinajstić information content (AvgIpc) is 0.811. The van der Waals surface area contributed by atoms with E-state index in [2.05, 4.69) is 5.73 Å². The third-order valence-corrected chi connectivity index (χ3v) is 0. The van der Waals surface area contributed by atoms with Gasteiger partial charge in [0.25, 0.3) is 0 Å². The second-order valence-electron chi connectivity index (χ2n) is 0.319. The van der Waals surface area contributed by atoms with Crippen LogP contribution < -0.4 is 34.8 Å². The molecule has 0 atom stereocenters. The summed E-state index contributed by atoms with van der Waals surface area (Å²) in [6.45, 7) is 0. The van der Waals surface area contributed by atoms with Crippen LogP contribution in [0.15, 0.2) is 0 Å². The lowest BCUT2D eigenvalue weighted by Crippen LogP contribution is -3.00. The van der Waals surface area contributed by atoms with Crippen LogP contribution in [0, 0.1) is 0 Å². The van der Waals surface area contributed by atoms with Crippen molar-refractivity contribution in [1.82, 2.24) is 0 Å². The van der Waals surface area contributed by atoms with Gasteiger partial charge in [0, 0.05) is 0 Å². The molecular weight excluding hydrogens is 185 g/mol. The largest absolute Gasteiger partial charge is 1.00 e. The molecule has 0 fully saturated rings. The van der Waals surface area contributed by atoms with Crippen molar-refractivity contribution in [3.8, 4) is 0 Å². The van der Waals surface area contributed by atoms with E-state index in [0.29, 0.717) is 0 Å². The molecule has 0 bridgehead atoms. The third kappa shape index (κ3) is 0. The Morgan fingerprint density at radius 1 is 1.80 bits per heavy atom. The van der Waals surface area contributed by atoms with Gasteiger partial charge >= 0.3 is 24.0 Å². The van der Waals surface area contributed by atoms with Gasteiger partial charge in [0.05, 0.1) is 0 Å². The number of carbonyl (C=O) groups excluding carboxylic acids is 1. The Morgan fingerprint density at radius 2 is 1.80 bits per heavy atom. The zero-order chi connectivity index (χ0) is 3.58. The van der Waals surface area contributed by atoms with Gasteiger partial charge in [-0.1, -0.05) is 0 Å². The first kappa shape index (κ1) is 8.89. The minimum Gasteiger partial charge on any atom is -0.530 e. The number of nitrogens with two attached hydrogens (primary N) is 1. The second-order valence-corrected chi connectivity index (χ2v) is 0.319. The molecule has 0 saturated carbocycles. The fourth-order valence-electron chi connectivity index (χ4n) is 0. The van der Waals surface area contributed by atoms with E-state index in [1.54, 1.807) is 0 Å². The Bertz CT molecular complexity index is 32.6. The monoisotopic (exact) mass is 187 g/mol. The molecule has 0 rings (SSSR count). The van der Waals surface area contributed by atoms with Crippen LogP contribution in [0.4, 0.5) is 4.79 Å².